The summed E-state index contributed by atoms with van der Waals surface area (Å²) in [5.74, 6) is 0. The van der Waals surface area contributed by atoms with E-state index in [-0.39, 0.29) is 29.6 Å². The van der Waals surface area contributed by atoms with Crippen molar-refractivity contribution in [3.63, 3.8) is 0 Å². The Hall–Kier alpha value is 1.48. The van der Waals surface area contributed by atoms with E-state index in [1.165, 1.54) is 6.42 Å². The van der Waals surface area contributed by atoms with Crippen molar-refractivity contribution in [1.82, 2.24) is 0 Å². The molecule has 0 rings (SSSR count). The molecule has 0 atom stereocenters. The molecule has 0 unspecified atom stereocenters. The Morgan fingerprint density at radius 2 is 1.80 bits per heavy atom. The molecule has 0 radical (unpaired) electrons. The zero-order valence-corrected chi connectivity index (χ0v) is 4.38. The molecule has 0 saturated heterocycles. The quantitative estimate of drug-likeness (QED) is 0.385. The fourth-order valence-electron chi connectivity index (χ4n) is 0. The molecule has 0 heterocycles. The summed E-state index contributed by atoms with van der Waals surface area (Å²) >= 11 is 3.25. The van der Waals surface area contributed by atoms with Gasteiger partial charge in [0.05, 0.1) is 0 Å². The molecule has 0 nitrogen and oxygen atoms in total. The summed E-state index contributed by atoms with van der Waals surface area (Å²) in [4.78, 5) is 0. The summed E-state index contributed by atoms with van der Waals surface area (Å²) in [6.07, 6.45) is 1.24. The van der Waals surface area contributed by atoms with E-state index in [1.807, 2.05) is 0 Å². The summed E-state index contributed by atoms with van der Waals surface area (Å²) in [5.41, 5.74) is 0. The van der Waals surface area contributed by atoms with Crippen molar-refractivity contribution in [3.05, 3.63) is 0 Å². The molecule has 0 aromatic rings. The van der Waals surface area contributed by atoms with Gasteiger partial charge >= 0.3 is 29.6 Å². The molecule has 0 aliphatic heterocycles. The second-order valence-corrected chi connectivity index (χ2v) is 1.48. The normalized spacial score (nSPS) is 6.00. The molecule has 0 fully saturated rings. The Bertz CT molecular complexity index is 8.85. The van der Waals surface area contributed by atoms with Crippen LogP contribution in [-0.4, -0.2) is 34.9 Å². The topological polar surface area (TPSA) is 0 Å². The molecule has 5 heavy (non-hydrogen) atoms. The average molecular weight is 147 g/mol. The SMILES string of the molecule is CCCBr.[NaH]. The van der Waals surface area contributed by atoms with Gasteiger partial charge in [0.2, 0.25) is 0 Å². The van der Waals surface area contributed by atoms with Gasteiger partial charge in [0, 0.05) is 5.33 Å². The van der Waals surface area contributed by atoms with Crippen molar-refractivity contribution in [1.29, 1.82) is 0 Å². The summed E-state index contributed by atoms with van der Waals surface area (Å²) in [6, 6.07) is 0. The Morgan fingerprint density at radius 1 is 1.60 bits per heavy atom. The van der Waals surface area contributed by atoms with E-state index < -0.39 is 0 Å². The first-order chi connectivity index (χ1) is 1.91. The monoisotopic (exact) mass is 146 g/mol. The molecule has 2 heteroatoms. The van der Waals surface area contributed by atoms with E-state index in [1.54, 1.807) is 0 Å². The standard InChI is InChI=1S/C3H7Br.Na.H/c1-2-3-4;;/h2-3H2,1H3;;. The van der Waals surface area contributed by atoms with E-state index in [4.69, 9.17) is 0 Å². The second-order valence-electron chi connectivity index (χ2n) is 0.689. The Kier molecular flexibility index (Phi) is 17.6. The maximum absolute atomic E-state index is 3.25. The average Bonchev–Trinajstić information content (AvgIpc) is 1.37. The van der Waals surface area contributed by atoms with Crippen molar-refractivity contribution in [2.45, 2.75) is 13.3 Å². The maximum atomic E-state index is 3.25. The Balaban J connectivity index is 0. The minimum absolute atomic E-state index is 0. The van der Waals surface area contributed by atoms with Gasteiger partial charge in [0.15, 0.2) is 0 Å². The summed E-state index contributed by atoms with van der Waals surface area (Å²) in [5, 5.41) is 1.13. The van der Waals surface area contributed by atoms with Gasteiger partial charge in [-0.1, -0.05) is 22.9 Å². The molecule has 0 bridgehead atoms. The van der Waals surface area contributed by atoms with E-state index in [2.05, 4.69) is 22.9 Å². The van der Waals surface area contributed by atoms with Crippen LogP contribution in [0.1, 0.15) is 13.3 Å². The van der Waals surface area contributed by atoms with Crippen molar-refractivity contribution >= 4 is 45.5 Å². The van der Waals surface area contributed by atoms with Crippen LogP contribution in [0.2, 0.25) is 0 Å². The van der Waals surface area contributed by atoms with E-state index >= 15 is 0 Å². The molecule has 0 aromatic carbocycles. The van der Waals surface area contributed by atoms with Crippen LogP contribution < -0.4 is 0 Å². The number of alkyl halides is 1. The first-order valence-corrected chi connectivity index (χ1v) is 2.60. The molecule has 0 aromatic heterocycles. The van der Waals surface area contributed by atoms with Gasteiger partial charge in [-0.2, -0.15) is 0 Å². The molecule has 0 amide bonds. The summed E-state index contributed by atoms with van der Waals surface area (Å²) in [7, 11) is 0. The van der Waals surface area contributed by atoms with Crippen LogP contribution >= 0.6 is 15.9 Å². The predicted molar refractivity (Wildman–Crippen MR) is 31.2 cm³/mol. The first-order valence-electron chi connectivity index (χ1n) is 1.47. The fraction of sp³-hybridized carbons (Fsp3) is 1.00. The third-order valence-corrected chi connectivity index (χ3v) is 0.982. The number of hydrogen-bond donors (Lipinski definition) is 0. The summed E-state index contributed by atoms with van der Waals surface area (Å²) < 4.78 is 0. The van der Waals surface area contributed by atoms with Gasteiger partial charge in [-0.15, -0.1) is 0 Å². The predicted octanol–water partition coefficient (Wildman–Crippen LogP) is 1.14. The second kappa shape index (κ2) is 9.08. The van der Waals surface area contributed by atoms with Gasteiger partial charge in [0.25, 0.3) is 0 Å². The van der Waals surface area contributed by atoms with Gasteiger partial charge < -0.3 is 0 Å². The molecule has 0 aliphatic rings. The van der Waals surface area contributed by atoms with Crippen LogP contribution in [0, 0.1) is 0 Å². The minimum atomic E-state index is 0. The molecular formula is C3H8BrNa. The Labute approximate surface area is 63.8 Å². The van der Waals surface area contributed by atoms with Gasteiger partial charge in [-0.05, 0) is 6.42 Å². The van der Waals surface area contributed by atoms with E-state index in [0.717, 1.165) is 5.33 Å². The van der Waals surface area contributed by atoms with Crippen LogP contribution in [0.4, 0.5) is 0 Å². The van der Waals surface area contributed by atoms with Crippen LogP contribution in [0.15, 0.2) is 0 Å². The van der Waals surface area contributed by atoms with Gasteiger partial charge in [-0.3, -0.25) is 0 Å². The van der Waals surface area contributed by atoms with Crippen molar-refractivity contribution in [2.24, 2.45) is 0 Å². The summed E-state index contributed by atoms with van der Waals surface area (Å²) in [6.45, 7) is 2.13. The van der Waals surface area contributed by atoms with Crippen LogP contribution in [0.25, 0.3) is 0 Å². The molecule has 0 aliphatic carbocycles. The fourth-order valence-corrected chi connectivity index (χ4v) is 0. The van der Waals surface area contributed by atoms with Crippen molar-refractivity contribution in [3.8, 4) is 0 Å². The molecular weight excluding hydrogens is 139 g/mol. The van der Waals surface area contributed by atoms with Crippen LogP contribution in [-0.2, 0) is 0 Å². The number of hydrogen-bond acceptors (Lipinski definition) is 0. The van der Waals surface area contributed by atoms with Crippen LogP contribution in [0.5, 0.6) is 0 Å². The zero-order valence-electron chi connectivity index (χ0n) is 2.79. The van der Waals surface area contributed by atoms with Gasteiger partial charge in [-0.25, -0.2) is 0 Å². The zero-order chi connectivity index (χ0) is 3.41. The molecule has 0 spiro atoms. The van der Waals surface area contributed by atoms with E-state index in [9.17, 15) is 0 Å². The van der Waals surface area contributed by atoms with E-state index in [0.29, 0.717) is 0 Å². The molecule has 28 valence electrons. The first kappa shape index (κ1) is 9.70. The third-order valence-electron chi connectivity index (χ3n) is 0.189. The third kappa shape index (κ3) is 10.8. The Morgan fingerprint density at radius 3 is 1.80 bits per heavy atom. The number of halogens is 1. The number of rotatable bonds is 1. The van der Waals surface area contributed by atoms with Crippen molar-refractivity contribution in [2.75, 3.05) is 5.33 Å². The molecule has 0 saturated carbocycles. The van der Waals surface area contributed by atoms with Crippen molar-refractivity contribution < 1.29 is 0 Å². The van der Waals surface area contributed by atoms with Crippen LogP contribution in [0.3, 0.4) is 0 Å². The molecule has 0 N–H and O–H groups in total. The van der Waals surface area contributed by atoms with Gasteiger partial charge in [0.1, 0.15) is 0 Å².